The van der Waals surface area contributed by atoms with Gasteiger partial charge in [-0.1, -0.05) is 12.5 Å². The van der Waals surface area contributed by atoms with Crippen LogP contribution >= 0.6 is 11.8 Å². The molecular formula is C14H18FNOS. The summed E-state index contributed by atoms with van der Waals surface area (Å²) < 4.78 is 19.2. The van der Waals surface area contributed by atoms with Gasteiger partial charge in [0, 0.05) is 16.9 Å². The van der Waals surface area contributed by atoms with Crippen LogP contribution in [0.4, 0.5) is 4.39 Å². The van der Waals surface area contributed by atoms with Gasteiger partial charge in [0.05, 0.1) is 18.5 Å². The third kappa shape index (κ3) is 2.06. The molecule has 2 nitrogen and oxygen atoms in total. The first-order valence-corrected chi connectivity index (χ1v) is 7.36. The normalized spacial score (nSPS) is 22.3. The molecule has 1 aliphatic heterocycles. The quantitative estimate of drug-likeness (QED) is 0.911. The van der Waals surface area contributed by atoms with Crippen molar-refractivity contribution in [3.63, 3.8) is 0 Å². The molecule has 0 unspecified atom stereocenters. The lowest BCUT2D eigenvalue weighted by Gasteiger charge is -2.41. The summed E-state index contributed by atoms with van der Waals surface area (Å²) in [6.45, 7) is 2.09. The maximum atomic E-state index is 14.1. The van der Waals surface area contributed by atoms with E-state index < -0.39 is 0 Å². The third-order valence-corrected chi connectivity index (χ3v) is 5.34. The molecule has 2 fully saturated rings. The van der Waals surface area contributed by atoms with Gasteiger partial charge in [0.2, 0.25) is 0 Å². The maximum absolute atomic E-state index is 14.1. The summed E-state index contributed by atoms with van der Waals surface area (Å²) >= 11 is 1.58. The Hall–Kier alpha value is -0.580. The second-order valence-corrected chi connectivity index (χ2v) is 6.60. The van der Waals surface area contributed by atoms with Crippen LogP contribution in [0, 0.1) is 5.82 Å². The van der Waals surface area contributed by atoms with E-state index in [1.165, 1.54) is 6.42 Å². The summed E-state index contributed by atoms with van der Waals surface area (Å²) in [5, 5.41) is 0.414. The number of benzene rings is 1. The van der Waals surface area contributed by atoms with E-state index in [2.05, 4.69) is 6.07 Å². The predicted molar refractivity (Wildman–Crippen MR) is 71.4 cm³/mol. The highest BCUT2D eigenvalue weighted by atomic mass is 32.2. The Morgan fingerprint density at radius 1 is 1.39 bits per heavy atom. The topological polar surface area (TPSA) is 35.2 Å². The lowest BCUT2D eigenvalue weighted by atomic mass is 9.64. The molecular weight excluding hydrogens is 249 g/mol. The van der Waals surface area contributed by atoms with E-state index in [9.17, 15) is 4.39 Å². The van der Waals surface area contributed by atoms with Crippen molar-refractivity contribution in [2.24, 2.45) is 5.73 Å². The highest BCUT2D eigenvalue weighted by molar-refractivity contribution is 8.00. The Morgan fingerprint density at radius 2 is 2.17 bits per heavy atom. The van der Waals surface area contributed by atoms with Gasteiger partial charge in [-0.05, 0) is 30.5 Å². The number of hydrogen-bond acceptors (Lipinski definition) is 3. The van der Waals surface area contributed by atoms with Crippen molar-refractivity contribution in [2.75, 3.05) is 19.8 Å². The van der Waals surface area contributed by atoms with Crippen LogP contribution < -0.4 is 5.73 Å². The van der Waals surface area contributed by atoms with Crippen LogP contribution in [0.25, 0.3) is 0 Å². The van der Waals surface area contributed by atoms with Crippen LogP contribution in [-0.2, 0) is 10.2 Å². The van der Waals surface area contributed by atoms with E-state index in [0.29, 0.717) is 11.8 Å². The Labute approximate surface area is 111 Å². The fourth-order valence-corrected chi connectivity index (χ4v) is 3.61. The molecule has 18 heavy (non-hydrogen) atoms. The first kappa shape index (κ1) is 12.5. The maximum Gasteiger partial charge on any atom is 0.137 e. The van der Waals surface area contributed by atoms with Gasteiger partial charge >= 0.3 is 0 Å². The molecule has 1 aliphatic carbocycles. The van der Waals surface area contributed by atoms with Gasteiger partial charge in [-0.2, -0.15) is 0 Å². The molecule has 0 amide bonds. The molecule has 0 radical (unpaired) electrons. The Bertz CT molecular complexity index is 438. The van der Waals surface area contributed by atoms with Crippen molar-refractivity contribution in [1.29, 1.82) is 0 Å². The van der Waals surface area contributed by atoms with Crippen LogP contribution in [0.2, 0.25) is 0 Å². The van der Waals surface area contributed by atoms with Crippen LogP contribution in [0.5, 0.6) is 0 Å². The van der Waals surface area contributed by atoms with Crippen LogP contribution in [0.15, 0.2) is 23.1 Å². The number of halogens is 1. The molecule has 0 atom stereocenters. The fraction of sp³-hybridized carbons (Fsp3) is 0.571. The molecule has 2 N–H and O–H groups in total. The van der Waals surface area contributed by atoms with E-state index in [1.807, 2.05) is 6.07 Å². The minimum atomic E-state index is -0.107. The molecule has 0 bridgehead atoms. The van der Waals surface area contributed by atoms with E-state index in [-0.39, 0.29) is 11.2 Å². The number of thioether (sulfide) groups is 1. The van der Waals surface area contributed by atoms with Crippen LogP contribution in [-0.4, -0.2) is 25.0 Å². The minimum absolute atomic E-state index is 0.0453. The zero-order chi connectivity index (χ0) is 12.6. The average Bonchev–Trinajstić information content (AvgIpc) is 2.25. The molecule has 1 saturated heterocycles. The van der Waals surface area contributed by atoms with E-state index in [0.717, 1.165) is 36.5 Å². The van der Waals surface area contributed by atoms with Gasteiger partial charge in [0.15, 0.2) is 0 Å². The molecule has 3 rings (SSSR count). The van der Waals surface area contributed by atoms with Crippen molar-refractivity contribution >= 4 is 11.8 Å². The molecule has 4 heteroatoms. The van der Waals surface area contributed by atoms with Crippen molar-refractivity contribution in [2.45, 2.75) is 34.8 Å². The summed E-state index contributed by atoms with van der Waals surface area (Å²) in [5.41, 5.74) is 6.97. The minimum Gasteiger partial charge on any atom is -0.379 e. The number of rotatable bonds is 4. The van der Waals surface area contributed by atoms with Gasteiger partial charge in [0.1, 0.15) is 5.82 Å². The van der Waals surface area contributed by atoms with Crippen molar-refractivity contribution in [1.82, 2.24) is 0 Å². The Kier molecular flexibility index (Phi) is 3.34. The number of ether oxygens (including phenoxy) is 1. The summed E-state index contributed by atoms with van der Waals surface area (Å²) in [6.07, 6.45) is 3.38. The second kappa shape index (κ2) is 4.83. The Morgan fingerprint density at radius 3 is 2.61 bits per heavy atom. The number of hydrogen-bond donors (Lipinski definition) is 1. The van der Waals surface area contributed by atoms with Gasteiger partial charge in [-0.3, -0.25) is 0 Å². The lowest BCUT2D eigenvalue weighted by Crippen LogP contribution is -2.41. The highest BCUT2D eigenvalue weighted by Crippen LogP contribution is 2.43. The number of nitrogens with two attached hydrogens (primary N) is 1. The molecule has 0 aromatic heterocycles. The SMILES string of the molecule is NCC1(c2ccc(SC3COC3)c(F)c2)CCC1. The van der Waals surface area contributed by atoms with Crippen molar-refractivity contribution < 1.29 is 9.13 Å². The monoisotopic (exact) mass is 267 g/mol. The van der Waals surface area contributed by atoms with Gasteiger partial charge < -0.3 is 10.5 Å². The first-order chi connectivity index (χ1) is 8.73. The molecule has 1 aromatic rings. The van der Waals surface area contributed by atoms with E-state index in [4.69, 9.17) is 10.5 Å². The molecule has 1 heterocycles. The molecule has 0 spiro atoms. The Balaban J connectivity index is 1.79. The van der Waals surface area contributed by atoms with E-state index in [1.54, 1.807) is 17.8 Å². The van der Waals surface area contributed by atoms with E-state index >= 15 is 0 Å². The first-order valence-electron chi connectivity index (χ1n) is 6.48. The third-order valence-electron chi connectivity index (χ3n) is 4.15. The molecule has 1 aromatic carbocycles. The zero-order valence-corrected chi connectivity index (χ0v) is 11.1. The summed E-state index contributed by atoms with van der Waals surface area (Å²) in [4.78, 5) is 0.735. The van der Waals surface area contributed by atoms with Gasteiger partial charge in [0.25, 0.3) is 0 Å². The fourth-order valence-electron chi connectivity index (χ4n) is 2.60. The largest absolute Gasteiger partial charge is 0.379 e. The second-order valence-electron chi connectivity index (χ2n) is 5.26. The molecule has 98 valence electrons. The van der Waals surface area contributed by atoms with Crippen molar-refractivity contribution in [3.05, 3.63) is 29.6 Å². The summed E-state index contributed by atoms with van der Waals surface area (Å²) in [6, 6.07) is 5.65. The summed E-state index contributed by atoms with van der Waals surface area (Å²) in [7, 11) is 0. The predicted octanol–water partition coefficient (Wildman–Crippen LogP) is 2.70. The molecule has 2 aliphatic rings. The van der Waals surface area contributed by atoms with Crippen LogP contribution in [0.3, 0.4) is 0 Å². The zero-order valence-electron chi connectivity index (χ0n) is 10.3. The van der Waals surface area contributed by atoms with Crippen molar-refractivity contribution in [3.8, 4) is 0 Å². The summed E-state index contributed by atoms with van der Waals surface area (Å²) in [5.74, 6) is -0.107. The molecule has 1 saturated carbocycles. The van der Waals surface area contributed by atoms with Gasteiger partial charge in [-0.25, -0.2) is 4.39 Å². The average molecular weight is 267 g/mol. The lowest BCUT2D eigenvalue weighted by molar-refractivity contribution is 0.0455. The smallest absolute Gasteiger partial charge is 0.137 e. The highest BCUT2D eigenvalue weighted by Gasteiger charge is 2.37. The standard InChI is InChI=1S/C14H18FNOS/c15-12-6-10(14(9-16)4-1-5-14)2-3-13(12)18-11-7-17-8-11/h2-3,6,11H,1,4-5,7-9,16H2. The van der Waals surface area contributed by atoms with Gasteiger partial charge in [-0.15, -0.1) is 11.8 Å². The van der Waals surface area contributed by atoms with Crippen LogP contribution in [0.1, 0.15) is 24.8 Å².